The van der Waals surface area contributed by atoms with E-state index in [-0.39, 0.29) is 24.4 Å². The quantitative estimate of drug-likeness (QED) is 0.928. The van der Waals surface area contributed by atoms with Crippen LogP contribution in [0.25, 0.3) is 0 Å². The first kappa shape index (κ1) is 17.4. The fraction of sp³-hybridized carbons (Fsp3) is 0.571. The molecule has 1 heterocycles. The summed E-state index contributed by atoms with van der Waals surface area (Å²) in [5.74, 6) is 0.274. The molecule has 2 N–H and O–H groups in total. The average Bonchev–Trinajstić information content (AvgIpc) is 2.74. The lowest BCUT2D eigenvalue weighted by Gasteiger charge is -2.21. The molecule has 2 atom stereocenters. The molecule has 1 fully saturated rings. The Labute approximate surface area is 127 Å². The van der Waals surface area contributed by atoms with Crippen LogP contribution in [-0.4, -0.2) is 31.9 Å². The second-order valence-electron chi connectivity index (χ2n) is 5.51. The fourth-order valence-electron chi connectivity index (χ4n) is 2.62. The van der Waals surface area contributed by atoms with Crippen molar-refractivity contribution >= 4 is 22.4 Å². The van der Waals surface area contributed by atoms with Crippen molar-refractivity contribution in [2.24, 2.45) is 11.7 Å². The topological polar surface area (TPSA) is 63.4 Å². The van der Waals surface area contributed by atoms with Crippen LogP contribution in [0.5, 0.6) is 0 Å². The molecule has 1 aromatic carbocycles. The van der Waals surface area contributed by atoms with Gasteiger partial charge in [-0.05, 0) is 62.9 Å². The minimum atomic E-state index is -3.39. The van der Waals surface area contributed by atoms with Crippen molar-refractivity contribution in [2.75, 3.05) is 13.1 Å². The van der Waals surface area contributed by atoms with Crippen molar-refractivity contribution in [1.82, 2.24) is 4.31 Å². The SMILES string of the molecule is Cc1ccc(S(=O)(=O)N2CC(CN)CC2C)cc1C.Cl. The van der Waals surface area contributed by atoms with E-state index in [1.165, 1.54) is 0 Å². The standard InChI is InChI=1S/C14H22N2O2S.ClH/c1-10-4-5-14(6-11(10)2)19(17,18)16-9-13(8-15)7-12(16)3;/h4-6,12-13H,7-9,15H2,1-3H3;1H. The predicted octanol–water partition coefficient (Wildman–Crippen LogP) is 2.08. The third kappa shape index (κ3) is 3.17. The van der Waals surface area contributed by atoms with Gasteiger partial charge in [-0.15, -0.1) is 12.4 Å². The lowest BCUT2D eigenvalue weighted by Crippen LogP contribution is -2.34. The predicted molar refractivity (Wildman–Crippen MR) is 83.7 cm³/mol. The van der Waals surface area contributed by atoms with E-state index < -0.39 is 10.0 Å². The maximum absolute atomic E-state index is 12.7. The zero-order valence-corrected chi connectivity index (χ0v) is 13.8. The van der Waals surface area contributed by atoms with Gasteiger partial charge in [-0.25, -0.2) is 8.42 Å². The van der Waals surface area contributed by atoms with Crippen LogP contribution in [0.2, 0.25) is 0 Å². The Hall–Kier alpha value is -0.620. The number of nitrogens with two attached hydrogens (primary N) is 1. The largest absolute Gasteiger partial charge is 0.330 e. The highest BCUT2D eigenvalue weighted by atomic mass is 35.5. The maximum atomic E-state index is 12.7. The summed E-state index contributed by atoms with van der Waals surface area (Å²) in [5, 5.41) is 0. The highest BCUT2D eigenvalue weighted by Crippen LogP contribution is 2.29. The van der Waals surface area contributed by atoms with Gasteiger partial charge < -0.3 is 5.73 Å². The minimum Gasteiger partial charge on any atom is -0.330 e. The van der Waals surface area contributed by atoms with Crippen LogP contribution in [0.15, 0.2) is 23.1 Å². The minimum absolute atomic E-state index is 0. The van der Waals surface area contributed by atoms with Crippen molar-refractivity contribution < 1.29 is 8.42 Å². The van der Waals surface area contributed by atoms with Gasteiger partial charge in [-0.3, -0.25) is 0 Å². The summed E-state index contributed by atoms with van der Waals surface area (Å²) in [5.41, 5.74) is 7.77. The van der Waals surface area contributed by atoms with Crippen molar-refractivity contribution in [3.8, 4) is 0 Å². The van der Waals surface area contributed by atoms with E-state index >= 15 is 0 Å². The molecule has 2 unspecified atom stereocenters. The van der Waals surface area contributed by atoms with E-state index in [1.807, 2.05) is 26.8 Å². The van der Waals surface area contributed by atoms with Crippen molar-refractivity contribution in [2.45, 2.75) is 38.1 Å². The second kappa shape index (κ2) is 6.43. The lowest BCUT2D eigenvalue weighted by atomic mass is 10.1. The third-order valence-corrected chi connectivity index (χ3v) is 6.00. The Balaban J connectivity index is 0.00000200. The van der Waals surface area contributed by atoms with Crippen LogP contribution in [0, 0.1) is 19.8 Å². The van der Waals surface area contributed by atoms with E-state index in [2.05, 4.69) is 0 Å². The average molecular weight is 319 g/mol. The number of sulfonamides is 1. The number of nitrogens with zero attached hydrogens (tertiary/aromatic N) is 1. The summed E-state index contributed by atoms with van der Waals surface area (Å²) in [7, 11) is -3.39. The van der Waals surface area contributed by atoms with E-state index in [1.54, 1.807) is 16.4 Å². The Morgan fingerprint density at radius 1 is 1.30 bits per heavy atom. The van der Waals surface area contributed by atoms with E-state index in [0.29, 0.717) is 18.0 Å². The molecule has 2 rings (SSSR count). The van der Waals surface area contributed by atoms with Crippen LogP contribution >= 0.6 is 12.4 Å². The fourth-order valence-corrected chi connectivity index (χ4v) is 4.43. The Morgan fingerprint density at radius 2 is 1.95 bits per heavy atom. The molecule has 1 aliphatic heterocycles. The van der Waals surface area contributed by atoms with Gasteiger partial charge in [0.1, 0.15) is 0 Å². The molecular weight excluding hydrogens is 296 g/mol. The zero-order valence-electron chi connectivity index (χ0n) is 12.2. The number of hydrogen-bond donors (Lipinski definition) is 1. The normalized spacial score (nSPS) is 23.6. The smallest absolute Gasteiger partial charge is 0.243 e. The first-order valence-electron chi connectivity index (χ1n) is 6.65. The van der Waals surface area contributed by atoms with Crippen LogP contribution < -0.4 is 5.73 Å². The molecule has 0 saturated carbocycles. The van der Waals surface area contributed by atoms with Gasteiger partial charge in [0.15, 0.2) is 0 Å². The monoisotopic (exact) mass is 318 g/mol. The molecule has 1 saturated heterocycles. The summed E-state index contributed by atoms with van der Waals surface area (Å²) in [6.07, 6.45) is 0.848. The van der Waals surface area contributed by atoms with E-state index in [9.17, 15) is 8.42 Å². The Bertz CT molecular complexity index is 575. The van der Waals surface area contributed by atoms with Crippen LogP contribution in [0.1, 0.15) is 24.5 Å². The summed E-state index contributed by atoms with van der Waals surface area (Å²) < 4.78 is 26.9. The van der Waals surface area contributed by atoms with Gasteiger partial charge in [-0.1, -0.05) is 6.07 Å². The number of hydrogen-bond acceptors (Lipinski definition) is 3. The molecule has 4 nitrogen and oxygen atoms in total. The number of aryl methyl sites for hydroxylation is 2. The molecule has 0 aliphatic carbocycles. The molecule has 6 heteroatoms. The van der Waals surface area contributed by atoms with E-state index in [0.717, 1.165) is 17.5 Å². The van der Waals surface area contributed by atoms with Gasteiger partial charge in [0.25, 0.3) is 0 Å². The first-order chi connectivity index (χ1) is 8.86. The van der Waals surface area contributed by atoms with Crippen molar-refractivity contribution in [3.63, 3.8) is 0 Å². The van der Waals surface area contributed by atoms with Gasteiger partial charge in [0.05, 0.1) is 4.90 Å². The maximum Gasteiger partial charge on any atom is 0.243 e. The molecular formula is C14H23ClN2O2S. The van der Waals surface area contributed by atoms with Gasteiger partial charge >= 0.3 is 0 Å². The van der Waals surface area contributed by atoms with Gasteiger partial charge in [0.2, 0.25) is 10.0 Å². The molecule has 114 valence electrons. The number of rotatable bonds is 3. The van der Waals surface area contributed by atoms with Crippen LogP contribution in [0.3, 0.4) is 0 Å². The molecule has 20 heavy (non-hydrogen) atoms. The summed E-state index contributed by atoms with van der Waals surface area (Å²) in [6.45, 7) is 6.95. The van der Waals surface area contributed by atoms with Crippen LogP contribution in [0.4, 0.5) is 0 Å². The molecule has 0 spiro atoms. The molecule has 0 radical (unpaired) electrons. The molecule has 0 bridgehead atoms. The third-order valence-electron chi connectivity index (χ3n) is 4.02. The van der Waals surface area contributed by atoms with Gasteiger partial charge in [-0.2, -0.15) is 4.31 Å². The summed E-state index contributed by atoms with van der Waals surface area (Å²) in [6, 6.07) is 5.34. The first-order valence-corrected chi connectivity index (χ1v) is 8.09. The molecule has 1 aromatic rings. The molecule has 0 amide bonds. The Kier molecular flexibility index (Phi) is 5.61. The van der Waals surface area contributed by atoms with E-state index in [4.69, 9.17) is 5.73 Å². The zero-order chi connectivity index (χ0) is 14.2. The lowest BCUT2D eigenvalue weighted by molar-refractivity contribution is 0.404. The number of benzene rings is 1. The van der Waals surface area contributed by atoms with Gasteiger partial charge in [0, 0.05) is 12.6 Å². The molecule has 1 aliphatic rings. The summed E-state index contributed by atoms with van der Waals surface area (Å²) in [4.78, 5) is 0.389. The Morgan fingerprint density at radius 3 is 2.45 bits per heavy atom. The van der Waals surface area contributed by atoms with Crippen LogP contribution in [-0.2, 0) is 10.0 Å². The van der Waals surface area contributed by atoms with Crippen molar-refractivity contribution in [3.05, 3.63) is 29.3 Å². The highest BCUT2D eigenvalue weighted by molar-refractivity contribution is 7.89. The highest BCUT2D eigenvalue weighted by Gasteiger charge is 2.37. The number of halogens is 1. The molecule has 0 aromatic heterocycles. The van der Waals surface area contributed by atoms with Crippen molar-refractivity contribution in [1.29, 1.82) is 0 Å². The second-order valence-corrected chi connectivity index (χ2v) is 7.40. The summed E-state index contributed by atoms with van der Waals surface area (Å²) >= 11 is 0.